The van der Waals surface area contributed by atoms with E-state index in [-0.39, 0.29) is 6.61 Å². The first kappa shape index (κ1) is 13.2. The van der Waals surface area contributed by atoms with Crippen molar-refractivity contribution in [3.63, 3.8) is 0 Å². The van der Waals surface area contributed by atoms with Crippen LogP contribution in [0.15, 0.2) is 0 Å². The number of hydrogen-bond acceptors (Lipinski definition) is 5. The zero-order chi connectivity index (χ0) is 11.5. The highest BCUT2D eigenvalue weighted by atomic mass is 31.2. The lowest BCUT2D eigenvalue weighted by atomic mass is 9.96. The van der Waals surface area contributed by atoms with Gasteiger partial charge in [-0.1, -0.05) is 0 Å². The molecule has 4 atom stereocenters. The van der Waals surface area contributed by atoms with Gasteiger partial charge in [0.2, 0.25) is 0 Å². The molecule has 86 valence electrons. The van der Waals surface area contributed by atoms with Gasteiger partial charge in [0.05, 0.1) is 12.7 Å². The molecule has 4 unspecified atom stereocenters. The largest absolute Gasteiger partial charge is 0.472 e. The SMILES string of the molecule is [B]C1CC(OP(=O)(O)OC)C(COC)O1. The van der Waals surface area contributed by atoms with Gasteiger partial charge in [0.15, 0.2) is 0 Å². The molecule has 1 fully saturated rings. The molecular weight excluding hydrogens is 222 g/mol. The number of hydrogen-bond donors (Lipinski definition) is 1. The summed E-state index contributed by atoms with van der Waals surface area (Å²) >= 11 is 0. The van der Waals surface area contributed by atoms with Gasteiger partial charge < -0.3 is 14.4 Å². The van der Waals surface area contributed by atoms with Crippen molar-refractivity contribution >= 4 is 15.7 Å². The molecule has 1 heterocycles. The van der Waals surface area contributed by atoms with Gasteiger partial charge in [-0.05, 0) is 6.42 Å². The second kappa shape index (κ2) is 5.43. The fraction of sp³-hybridized carbons (Fsp3) is 1.00. The number of phosphoric acid groups is 1. The second-order valence-electron chi connectivity index (χ2n) is 3.20. The number of phosphoric ester groups is 1. The molecule has 0 spiro atoms. The van der Waals surface area contributed by atoms with Crippen LogP contribution < -0.4 is 0 Å². The van der Waals surface area contributed by atoms with E-state index < -0.39 is 26.0 Å². The zero-order valence-electron chi connectivity index (χ0n) is 8.66. The third kappa shape index (κ3) is 3.87. The van der Waals surface area contributed by atoms with Gasteiger partial charge in [0.1, 0.15) is 14.0 Å². The van der Waals surface area contributed by atoms with Crippen LogP contribution in [0.3, 0.4) is 0 Å². The predicted octanol–water partition coefficient (Wildman–Crippen LogP) is 0.0483. The molecule has 0 aromatic heterocycles. The Hall–Kier alpha value is 0.0949. The van der Waals surface area contributed by atoms with Crippen LogP contribution in [0.25, 0.3) is 0 Å². The Bertz CT molecular complexity index is 250. The topological polar surface area (TPSA) is 74.2 Å². The van der Waals surface area contributed by atoms with Crippen LogP contribution in [0.2, 0.25) is 0 Å². The van der Waals surface area contributed by atoms with Gasteiger partial charge in [0, 0.05) is 20.2 Å². The van der Waals surface area contributed by atoms with Gasteiger partial charge in [0.25, 0.3) is 0 Å². The lowest BCUT2D eigenvalue weighted by Gasteiger charge is -2.19. The van der Waals surface area contributed by atoms with Crippen molar-refractivity contribution in [2.75, 3.05) is 20.8 Å². The number of methoxy groups -OCH3 is 1. The third-order valence-corrected chi connectivity index (χ3v) is 3.06. The summed E-state index contributed by atoms with van der Waals surface area (Å²) in [6.07, 6.45) is -0.696. The van der Waals surface area contributed by atoms with Crippen molar-refractivity contribution in [3.8, 4) is 0 Å². The molecular formula is C7H14BO6P. The minimum absolute atomic E-state index is 0.252. The predicted molar refractivity (Wildman–Crippen MR) is 52.6 cm³/mol. The summed E-state index contributed by atoms with van der Waals surface area (Å²) in [7, 11) is 4.13. The molecule has 8 heteroatoms. The summed E-state index contributed by atoms with van der Waals surface area (Å²) in [5.41, 5.74) is 0. The molecule has 0 saturated carbocycles. The van der Waals surface area contributed by atoms with E-state index in [2.05, 4.69) is 4.52 Å². The first-order valence-electron chi connectivity index (χ1n) is 4.45. The highest BCUT2D eigenvalue weighted by Crippen LogP contribution is 2.46. The Kier molecular flexibility index (Phi) is 4.77. The van der Waals surface area contributed by atoms with Crippen molar-refractivity contribution in [3.05, 3.63) is 0 Å². The first-order valence-corrected chi connectivity index (χ1v) is 5.95. The number of ether oxygens (including phenoxy) is 2. The van der Waals surface area contributed by atoms with Gasteiger partial charge in [-0.25, -0.2) is 4.57 Å². The fourth-order valence-electron chi connectivity index (χ4n) is 1.38. The second-order valence-corrected chi connectivity index (χ2v) is 4.71. The van der Waals surface area contributed by atoms with E-state index in [4.69, 9.17) is 26.7 Å². The lowest BCUT2D eigenvalue weighted by Crippen LogP contribution is -2.28. The molecule has 1 rings (SSSR count). The van der Waals surface area contributed by atoms with Crippen LogP contribution in [-0.2, 0) is 23.1 Å². The Morgan fingerprint density at radius 2 is 2.27 bits per heavy atom. The van der Waals surface area contributed by atoms with E-state index in [0.29, 0.717) is 6.42 Å². The molecule has 0 bridgehead atoms. The van der Waals surface area contributed by atoms with Crippen LogP contribution in [0.1, 0.15) is 6.42 Å². The summed E-state index contributed by atoms with van der Waals surface area (Å²) in [6.45, 7) is 0.252. The fourth-order valence-corrected chi connectivity index (χ4v) is 2.03. The zero-order valence-corrected chi connectivity index (χ0v) is 9.55. The maximum Gasteiger partial charge on any atom is 0.472 e. The summed E-state index contributed by atoms with van der Waals surface area (Å²) in [5.74, 6) is 0. The Morgan fingerprint density at radius 3 is 2.80 bits per heavy atom. The van der Waals surface area contributed by atoms with Crippen LogP contribution in [0.4, 0.5) is 0 Å². The molecule has 1 saturated heterocycles. The van der Waals surface area contributed by atoms with E-state index >= 15 is 0 Å². The lowest BCUT2D eigenvalue weighted by molar-refractivity contribution is -0.0183. The summed E-state index contributed by atoms with van der Waals surface area (Å²) in [4.78, 5) is 9.13. The van der Waals surface area contributed by atoms with E-state index in [1.165, 1.54) is 7.11 Å². The van der Waals surface area contributed by atoms with Crippen LogP contribution >= 0.6 is 7.82 Å². The average molecular weight is 236 g/mol. The van der Waals surface area contributed by atoms with Crippen molar-refractivity contribution in [1.29, 1.82) is 0 Å². The minimum Gasteiger partial charge on any atom is -0.382 e. The molecule has 6 nitrogen and oxygen atoms in total. The quantitative estimate of drug-likeness (QED) is 0.536. The highest BCUT2D eigenvalue weighted by Gasteiger charge is 2.38. The molecule has 1 aliphatic heterocycles. The Labute approximate surface area is 89.9 Å². The van der Waals surface area contributed by atoms with Gasteiger partial charge >= 0.3 is 7.82 Å². The van der Waals surface area contributed by atoms with Gasteiger partial charge in [-0.15, -0.1) is 0 Å². The molecule has 2 radical (unpaired) electrons. The molecule has 15 heavy (non-hydrogen) atoms. The smallest absolute Gasteiger partial charge is 0.382 e. The van der Waals surface area contributed by atoms with Crippen molar-refractivity contribution in [2.45, 2.75) is 24.6 Å². The first-order chi connectivity index (χ1) is 6.98. The van der Waals surface area contributed by atoms with Crippen molar-refractivity contribution in [2.24, 2.45) is 0 Å². The molecule has 1 aliphatic rings. The molecule has 0 aromatic carbocycles. The van der Waals surface area contributed by atoms with Gasteiger partial charge in [-0.3, -0.25) is 9.05 Å². The normalized spacial score (nSPS) is 35.3. The standard InChI is InChI=1S/C7H14BO6P/c1-11-4-6-5(3-7(8)13-6)14-15(9,10)12-2/h5-7H,3-4H2,1-2H3,(H,9,10). The molecule has 0 aromatic rings. The average Bonchev–Trinajstić information content (AvgIpc) is 2.47. The van der Waals surface area contributed by atoms with E-state index in [1.807, 2.05) is 0 Å². The van der Waals surface area contributed by atoms with Crippen LogP contribution in [0.5, 0.6) is 0 Å². The summed E-state index contributed by atoms with van der Waals surface area (Å²) in [6, 6.07) is -0.507. The van der Waals surface area contributed by atoms with E-state index in [1.54, 1.807) is 0 Å². The monoisotopic (exact) mass is 236 g/mol. The maximum atomic E-state index is 11.2. The highest BCUT2D eigenvalue weighted by molar-refractivity contribution is 7.47. The van der Waals surface area contributed by atoms with E-state index in [9.17, 15) is 4.57 Å². The van der Waals surface area contributed by atoms with Crippen LogP contribution in [0, 0.1) is 0 Å². The van der Waals surface area contributed by atoms with E-state index in [0.717, 1.165) is 7.11 Å². The maximum absolute atomic E-state index is 11.2. The molecule has 0 aliphatic carbocycles. The van der Waals surface area contributed by atoms with Crippen molar-refractivity contribution in [1.82, 2.24) is 0 Å². The minimum atomic E-state index is -4.00. The Balaban J connectivity index is 2.55. The van der Waals surface area contributed by atoms with Crippen LogP contribution in [-0.4, -0.2) is 51.8 Å². The third-order valence-electron chi connectivity index (χ3n) is 2.06. The van der Waals surface area contributed by atoms with Gasteiger partial charge in [-0.2, -0.15) is 0 Å². The molecule has 1 N–H and O–H groups in total. The summed E-state index contributed by atoms with van der Waals surface area (Å²) in [5, 5.41) is 0. The van der Waals surface area contributed by atoms with Crippen molar-refractivity contribution < 1.29 is 28.0 Å². The Morgan fingerprint density at radius 1 is 1.60 bits per heavy atom. The summed E-state index contributed by atoms with van der Waals surface area (Å²) < 4.78 is 30.5. The number of rotatable bonds is 5. The molecule has 0 amide bonds.